The van der Waals surface area contributed by atoms with Crippen LogP contribution in [0.1, 0.15) is 29.0 Å². The van der Waals surface area contributed by atoms with Crippen LogP contribution in [-0.2, 0) is 13.0 Å². The number of aromatic nitrogens is 3. The molecular formula is C17H16N4O. The maximum absolute atomic E-state index is 12.3. The zero-order chi connectivity index (χ0) is 14.9. The Morgan fingerprint density at radius 2 is 2.05 bits per heavy atom. The number of nitrogens with zero attached hydrogens (tertiary/aromatic N) is 3. The molecule has 1 N–H and O–H groups in total. The van der Waals surface area contributed by atoms with E-state index in [1.54, 1.807) is 6.07 Å². The van der Waals surface area contributed by atoms with Gasteiger partial charge in [0.2, 0.25) is 0 Å². The number of nitrogens with one attached hydrogen (secondary N) is 1. The molecule has 0 bridgehead atoms. The maximum atomic E-state index is 12.3. The van der Waals surface area contributed by atoms with E-state index in [0.717, 1.165) is 30.3 Å². The fourth-order valence-electron chi connectivity index (χ4n) is 2.85. The Hall–Kier alpha value is -2.69. The monoisotopic (exact) mass is 292 g/mol. The van der Waals surface area contributed by atoms with Crippen LogP contribution in [0.4, 0.5) is 5.82 Å². The van der Waals surface area contributed by atoms with Gasteiger partial charge < -0.3 is 5.32 Å². The molecule has 1 amide bonds. The molecule has 1 aromatic carbocycles. The molecule has 0 saturated heterocycles. The number of anilines is 1. The first-order chi connectivity index (χ1) is 10.8. The predicted octanol–water partition coefficient (Wildman–Crippen LogP) is 3.02. The number of pyridine rings is 1. The van der Waals surface area contributed by atoms with Crippen LogP contribution >= 0.6 is 0 Å². The van der Waals surface area contributed by atoms with Gasteiger partial charge in [-0.3, -0.25) is 9.48 Å². The Morgan fingerprint density at radius 1 is 1.14 bits per heavy atom. The summed E-state index contributed by atoms with van der Waals surface area (Å²) in [5.41, 5.74) is 2.41. The molecule has 1 aliphatic heterocycles. The SMILES string of the molecule is O=C(Nc1cc2n(n1)CCCC2)c1ccc2ccccc2n1. The first-order valence-electron chi connectivity index (χ1n) is 7.53. The van der Waals surface area contributed by atoms with Crippen molar-refractivity contribution in [2.75, 3.05) is 5.32 Å². The number of rotatable bonds is 2. The van der Waals surface area contributed by atoms with E-state index < -0.39 is 0 Å². The van der Waals surface area contributed by atoms with Crippen molar-refractivity contribution in [1.29, 1.82) is 0 Å². The molecule has 5 heteroatoms. The van der Waals surface area contributed by atoms with E-state index in [0.29, 0.717) is 11.5 Å². The van der Waals surface area contributed by atoms with Crippen LogP contribution < -0.4 is 5.32 Å². The lowest BCUT2D eigenvalue weighted by molar-refractivity contribution is 0.102. The third-order valence-electron chi connectivity index (χ3n) is 3.99. The fraction of sp³-hybridized carbons (Fsp3) is 0.235. The van der Waals surface area contributed by atoms with Crippen LogP contribution in [-0.4, -0.2) is 20.7 Å². The van der Waals surface area contributed by atoms with E-state index in [4.69, 9.17) is 0 Å². The standard InChI is InChI=1S/C17H16N4O/c22-17(15-9-8-12-5-1-2-7-14(12)18-15)19-16-11-13-6-3-4-10-21(13)20-16/h1-2,5,7-9,11H,3-4,6,10H2,(H,19,20,22). The number of carbonyl (C=O) groups excluding carboxylic acids is 1. The summed E-state index contributed by atoms with van der Waals surface area (Å²) < 4.78 is 1.98. The van der Waals surface area contributed by atoms with Crippen molar-refractivity contribution >= 4 is 22.6 Å². The lowest BCUT2D eigenvalue weighted by Crippen LogP contribution is -2.14. The highest BCUT2D eigenvalue weighted by molar-refractivity contribution is 6.03. The summed E-state index contributed by atoms with van der Waals surface area (Å²) in [7, 11) is 0. The highest BCUT2D eigenvalue weighted by Gasteiger charge is 2.15. The van der Waals surface area contributed by atoms with E-state index >= 15 is 0 Å². The van der Waals surface area contributed by atoms with Gasteiger partial charge in [-0.2, -0.15) is 5.10 Å². The average molecular weight is 292 g/mol. The van der Waals surface area contributed by atoms with E-state index in [1.165, 1.54) is 12.1 Å². The van der Waals surface area contributed by atoms with Crippen LogP contribution in [0, 0.1) is 0 Å². The van der Waals surface area contributed by atoms with Gasteiger partial charge in [-0.25, -0.2) is 4.98 Å². The average Bonchev–Trinajstić information content (AvgIpc) is 2.96. The lowest BCUT2D eigenvalue weighted by Gasteiger charge is -2.11. The number of aryl methyl sites for hydroxylation is 2. The van der Waals surface area contributed by atoms with Crippen LogP contribution in [0.25, 0.3) is 10.9 Å². The Labute approximate surface area is 128 Å². The van der Waals surface area contributed by atoms with Crippen molar-refractivity contribution in [3.63, 3.8) is 0 Å². The van der Waals surface area contributed by atoms with E-state index in [9.17, 15) is 4.79 Å². The van der Waals surface area contributed by atoms with Gasteiger partial charge in [0.05, 0.1) is 5.52 Å². The van der Waals surface area contributed by atoms with Crippen molar-refractivity contribution in [3.8, 4) is 0 Å². The van der Waals surface area contributed by atoms with Crippen molar-refractivity contribution in [2.24, 2.45) is 0 Å². The van der Waals surface area contributed by atoms with Gasteiger partial charge in [0.1, 0.15) is 5.69 Å². The molecule has 22 heavy (non-hydrogen) atoms. The zero-order valence-corrected chi connectivity index (χ0v) is 12.1. The zero-order valence-electron chi connectivity index (χ0n) is 12.1. The van der Waals surface area contributed by atoms with Gasteiger partial charge in [0.25, 0.3) is 5.91 Å². The molecule has 5 nitrogen and oxygen atoms in total. The second-order valence-corrected chi connectivity index (χ2v) is 5.54. The predicted molar refractivity (Wildman–Crippen MR) is 84.9 cm³/mol. The number of carbonyl (C=O) groups is 1. The highest BCUT2D eigenvalue weighted by Crippen LogP contribution is 2.18. The Bertz CT molecular complexity index is 829. The molecule has 2 aromatic heterocycles. The van der Waals surface area contributed by atoms with Crippen molar-refractivity contribution in [2.45, 2.75) is 25.8 Å². The van der Waals surface area contributed by atoms with Gasteiger partial charge in [0.15, 0.2) is 5.82 Å². The number of benzene rings is 1. The topological polar surface area (TPSA) is 59.8 Å². The van der Waals surface area contributed by atoms with E-state index in [-0.39, 0.29) is 5.91 Å². The number of hydrogen-bond donors (Lipinski definition) is 1. The smallest absolute Gasteiger partial charge is 0.275 e. The first-order valence-corrected chi connectivity index (χ1v) is 7.53. The summed E-state index contributed by atoms with van der Waals surface area (Å²) in [4.78, 5) is 16.8. The molecule has 0 aliphatic carbocycles. The van der Waals surface area contributed by atoms with Crippen molar-refractivity contribution in [1.82, 2.24) is 14.8 Å². The summed E-state index contributed by atoms with van der Waals surface area (Å²) >= 11 is 0. The number of para-hydroxylation sites is 1. The number of fused-ring (bicyclic) bond motifs is 2. The summed E-state index contributed by atoms with van der Waals surface area (Å²) in [6.45, 7) is 0.930. The summed E-state index contributed by atoms with van der Waals surface area (Å²) in [6.07, 6.45) is 3.36. The van der Waals surface area contributed by atoms with Crippen molar-refractivity contribution < 1.29 is 4.79 Å². The van der Waals surface area contributed by atoms with Crippen LogP contribution in [0.15, 0.2) is 42.5 Å². The van der Waals surface area contributed by atoms with Gasteiger partial charge in [-0.15, -0.1) is 0 Å². The first kappa shape index (κ1) is 13.0. The largest absolute Gasteiger partial charge is 0.304 e. The summed E-state index contributed by atoms with van der Waals surface area (Å²) in [5.74, 6) is 0.387. The van der Waals surface area contributed by atoms with Crippen LogP contribution in [0.2, 0.25) is 0 Å². The van der Waals surface area contributed by atoms with Crippen LogP contribution in [0.3, 0.4) is 0 Å². The molecule has 0 atom stereocenters. The number of hydrogen-bond acceptors (Lipinski definition) is 3. The molecule has 0 saturated carbocycles. The number of amides is 1. The molecule has 3 aromatic rings. The lowest BCUT2D eigenvalue weighted by atomic mass is 10.1. The third-order valence-corrected chi connectivity index (χ3v) is 3.99. The Balaban J connectivity index is 1.59. The molecule has 0 unspecified atom stereocenters. The Morgan fingerprint density at radius 3 is 2.95 bits per heavy atom. The molecule has 110 valence electrons. The molecule has 0 radical (unpaired) electrons. The van der Waals surface area contributed by atoms with Gasteiger partial charge >= 0.3 is 0 Å². The van der Waals surface area contributed by atoms with E-state index in [2.05, 4.69) is 15.4 Å². The quantitative estimate of drug-likeness (QED) is 0.790. The minimum absolute atomic E-state index is 0.221. The minimum atomic E-state index is -0.221. The molecule has 1 aliphatic rings. The second kappa shape index (κ2) is 5.26. The maximum Gasteiger partial charge on any atom is 0.275 e. The van der Waals surface area contributed by atoms with Gasteiger partial charge in [-0.1, -0.05) is 24.3 Å². The van der Waals surface area contributed by atoms with Crippen molar-refractivity contribution in [3.05, 3.63) is 53.9 Å². The third kappa shape index (κ3) is 2.35. The van der Waals surface area contributed by atoms with E-state index in [1.807, 2.05) is 41.1 Å². The molecule has 0 spiro atoms. The van der Waals surface area contributed by atoms with Gasteiger partial charge in [0, 0.05) is 23.7 Å². The molecule has 4 rings (SSSR count). The molecule has 0 fully saturated rings. The fourth-order valence-corrected chi connectivity index (χ4v) is 2.85. The molecule has 3 heterocycles. The normalized spacial score (nSPS) is 13.8. The van der Waals surface area contributed by atoms with Crippen LogP contribution in [0.5, 0.6) is 0 Å². The highest BCUT2D eigenvalue weighted by atomic mass is 16.2. The summed E-state index contributed by atoms with van der Waals surface area (Å²) in [5, 5.41) is 8.31. The Kier molecular flexibility index (Phi) is 3.11. The summed E-state index contributed by atoms with van der Waals surface area (Å²) in [6, 6.07) is 13.4. The second-order valence-electron chi connectivity index (χ2n) is 5.54. The molecular weight excluding hydrogens is 276 g/mol. The minimum Gasteiger partial charge on any atom is -0.304 e. The van der Waals surface area contributed by atoms with Gasteiger partial charge in [-0.05, 0) is 31.4 Å².